The van der Waals surface area contributed by atoms with Crippen LogP contribution >= 0.6 is 0 Å². The monoisotopic (exact) mass is 342 g/mol. The molecule has 0 spiro atoms. The minimum absolute atomic E-state index is 0.0764. The molecule has 23 heavy (non-hydrogen) atoms. The second-order valence-electron chi connectivity index (χ2n) is 5.20. The second kappa shape index (κ2) is 7.24. The van der Waals surface area contributed by atoms with Crippen molar-refractivity contribution in [2.45, 2.75) is 13.8 Å². The van der Waals surface area contributed by atoms with Crippen molar-refractivity contribution in [3.8, 4) is 0 Å². The number of pyridine rings is 1. The maximum Gasteiger partial charge on any atom is 0.282 e. The van der Waals surface area contributed by atoms with Crippen molar-refractivity contribution >= 4 is 16.1 Å². The molecular formula is C14H22N4O4S. The number of nitrogens with zero attached hydrogens (tertiary/aromatic N) is 3. The number of aromatic nitrogens is 1. The summed E-state index contributed by atoms with van der Waals surface area (Å²) in [7, 11) is -3.49. The van der Waals surface area contributed by atoms with Gasteiger partial charge >= 0.3 is 0 Å². The molecule has 1 N–H and O–H groups in total. The minimum atomic E-state index is -3.49. The van der Waals surface area contributed by atoms with E-state index in [1.165, 1.54) is 25.8 Å². The first-order valence-electron chi connectivity index (χ1n) is 7.64. The minimum Gasteiger partial charge on any atom is -0.336 e. The van der Waals surface area contributed by atoms with Gasteiger partial charge < -0.3 is 9.88 Å². The van der Waals surface area contributed by atoms with Crippen LogP contribution in [0.5, 0.6) is 0 Å². The molecule has 2 rings (SSSR count). The van der Waals surface area contributed by atoms with E-state index >= 15 is 0 Å². The van der Waals surface area contributed by atoms with Crippen LogP contribution in [0.25, 0.3) is 0 Å². The van der Waals surface area contributed by atoms with Crippen LogP contribution in [-0.2, 0) is 10.2 Å². The number of aromatic amines is 1. The Hall–Kier alpha value is -1.71. The fourth-order valence-corrected chi connectivity index (χ4v) is 4.20. The van der Waals surface area contributed by atoms with Crippen molar-refractivity contribution in [1.29, 1.82) is 0 Å². The maximum atomic E-state index is 12.4. The van der Waals surface area contributed by atoms with Gasteiger partial charge in [0.1, 0.15) is 5.56 Å². The first-order valence-corrected chi connectivity index (χ1v) is 9.03. The van der Waals surface area contributed by atoms with Gasteiger partial charge in [-0.05, 0) is 12.1 Å². The number of rotatable bonds is 5. The van der Waals surface area contributed by atoms with Gasteiger partial charge in [-0.15, -0.1) is 0 Å². The molecule has 0 radical (unpaired) electrons. The average molecular weight is 342 g/mol. The lowest BCUT2D eigenvalue weighted by Crippen LogP contribution is -2.54. The summed E-state index contributed by atoms with van der Waals surface area (Å²) >= 11 is 0. The Kier molecular flexibility index (Phi) is 5.55. The third-order valence-corrected chi connectivity index (χ3v) is 6.12. The number of carbonyl (C=O) groups excluding carboxylic acids is 1. The normalized spacial score (nSPS) is 16.7. The molecule has 1 aromatic rings. The topological polar surface area (TPSA) is 93.8 Å². The highest BCUT2D eigenvalue weighted by Crippen LogP contribution is 2.13. The molecule has 9 heteroatoms. The zero-order chi connectivity index (χ0) is 17.0. The first-order chi connectivity index (χ1) is 10.9. The van der Waals surface area contributed by atoms with Crippen LogP contribution in [0.15, 0.2) is 23.1 Å². The average Bonchev–Trinajstić information content (AvgIpc) is 2.55. The SMILES string of the molecule is CCN(CC)S(=O)(=O)N1CCN(C(=O)c2ccc[nH]c2=O)CC1. The van der Waals surface area contributed by atoms with Gasteiger partial charge in [0.2, 0.25) is 0 Å². The summed E-state index contributed by atoms with van der Waals surface area (Å²) in [5, 5.41) is 0. The van der Waals surface area contributed by atoms with E-state index in [-0.39, 0.29) is 37.6 Å². The smallest absolute Gasteiger partial charge is 0.282 e. The molecule has 0 unspecified atom stereocenters. The number of hydrogen-bond donors (Lipinski definition) is 1. The summed E-state index contributed by atoms with van der Waals surface area (Å²) in [6.45, 7) is 5.42. The molecular weight excluding hydrogens is 320 g/mol. The Morgan fingerprint density at radius 3 is 2.35 bits per heavy atom. The lowest BCUT2D eigenvalue weighted by atomic mass is 10.2. The van der Waals surface area contributed by atoms with Crippen molar-refractivity contribution in [1.82, 2.24) is 18.5 Å². The first kappa shape index (κ1) is 17.6. The molecule has 0 atom stereocenters. The van der Waals surface area contributed by atoms with Crippen LogP contribution < -0.4 is 5.56 Å². The Balaban J connectivity index is 2.06. The van der Waals surface area contributed by atoms with E-state index in [4.69, 9.17) is 0 Å². The number of carbonyl (C=O) groups is 1. The molecule has 1 amide bonds. The Labute approximate surface area is 135 Å². The van der Waals surface area contributed by atoms with Gasteiger partial charge in [0.15, 0.2) is 0 Å². The highest BCUT2D eigenvalue weighted by atomic mass is 32.2. The molecule has 0 aromatic carbocycles. The van der Waals surface area contributed by atoms with E-state index in [9.17, 15) is 18.0 Å². The van der Waals surface area contributed by atoms with E-state index in [1.54, 1.807) is 19.9 Å². The molecule has 128 valence electrons. The lowest BCUT2D eigenvalue weighted by molar-refractivity contribution is 0.0692. The van der Waals surface area contributed by atoms with Crippen molar-refractivity contribution in [3.05, 3.63) is 34.2 Å². The third kappa shape index (κ3) is 3.62. The quantitative estimate of drug-likeness (QED) is 0.796. The Morgan fingerprint density at radius 2 is 1.83 bits per heavy atom. The van der Waals surface area contributed by atoms with Crippen LogP contribution in [0.1, 0.15) is 24.2 Å². The predicted octanol–water partition coefficient (Wildman–Crippen LogP) is -0.281. The molecule has 1 fully saturated rings. The summed E-state index contributed by atoms with van der Waals surface area (Å²) in [6.07, 6.45) is 1.47. The van der Waals surface area contributed by atoms with Crippen molar-refractivity contribution in [3.63, 3.8) is 0 Å². The van der Waals surface area contributed by atoms with E-state index in [0.717, 1.165) is 0 Å². The van der Waals surface area contributed by atoms with E-state index in [2.05, 4.69) is 4.98 Å². The van der Waals surface area contributed by atoms with Crippen molar-refractivity contribution < 1.29 is 13.2 Å². The van der Waals surface area contributed by atoms with Crippen molar-refractivity contribution in [2.75, 3.05) is 39.3 Å². The fraction of sp³-hybridized carbons (Fsp3) is 0.571. The highest BCUT2D eigenvalue weighted by Gasteiger charge is 2.32. The van der Waals surface area contributed by atoms with Gasteiger partial charge in [0, 0.05) is 45.5 Å². The van der Waals surface area contributed by atoms with Gasteiger partial charge in [-0.1, -0.05) is 13.8 Å². The van der Waals surface area contributed by atoms with Gasteiger partial charge in [-0.2, -0.15) is 17.0 Å². The molecule has 0 bridgehead atoms. The fourth-order valence-electron chi connectivity index (χ4n) is 2.60. The molecule has 1 aromatic heterocycles. The standard InChI is InChI=1S/C14H22N4O4S/c1-3-17(4-2)23(21,22)18-10-8-16(9-11-18)14(20)12-6-5-7-15-13(12)19/h5-7H,3-4,8-11H2,1-2H3,(H,15,19). The van der Waals surface area contributed by atoms with Gasteiger partial charge in [0.25, 0.3) is 21.7 Å². The van der Waals surface area contributed by atoms with Crippen LogP contribution in [-0.4, -0.2) is 72.1 Å². The van der Waals surface area contributed by atoms with Crippen molar-refractivity contribution in [2.24, 2.45) is 0 Å². The molecule has 0 aliphatic carbocycles. The van der Waals surface area contributed by atoms with E-state index < -0.39 is 15.8 Å². The molecule has 1 aliphatic rings. The summed E-state index contributed by atoms with van der Waals surface area (Å²) in [5.74, 6) is -0.369. The number of hydrogen-bond acceptors (Lipinski definition) is 4. The number of nitrogens with one attached hydrogen (secondary N) is 1. The summed E-state index contributed by atoms with van der Waals surface area (Å²) in [6, 6.07) is 3.07. The largest absolute Gasteiger partial charge is 0.336 e. The molecule has 1 aliphatic heterocycles. The highest BCUT2D eigenvalue weighted by molar-refractivity contribution is 7.86. The second-order valence-corrected chi connectivity index (χ2v) is 7.12. The predicted molar refractivity (Wildman–Crippen MR) is 86.4 cm³/mol. The number of piperazine rings is 1. The Bertz CT molecular complexity index is 703. The van der Waals surface area contributed by atoms with Gasteiger partial charge in [-0.25, -0.2) is 0 Å². The van der Waals surface area contributed by atoms with Crippen LogP contribution in [0.3, 0.4) is 0 Å². The van der Waals surface area contributed by atoms with E-state index in [1.807, 2.05) is 0 Å². The summed E-state index contributed by atoms with van der Waals surface area (Å²) < 4.78 is 27.7. The van der Waals surface area contributed by atoms with Gasteiger partial charge in [0.05, 0.1) is 0 Å². The maximum absolute atomic E-state index is 12.4. The van der Waals surface area contributed by atoms with E-state index in [0.29, 0.717) is 13.1 Å². The summed E-state index contributed by atoms with van der Waals surface area (Å²) in [4.78, 5) is 28.0. The Morgan fingerprint density at radius 1 is 1.22 bits per heavy atom. The van der Waals surface area contributed by atoms with Gasteiger partial charge in [-0.3, -0.25) is 9.59 Å². The number of amides is 1. The van der Waals surface area contributed by atoms with Crippen LogP contribution in [0.4, 0.5) is 0 Å². The molecule has 1 saturated heterocycles. The third-order valence-electron chi connectivity index (χ3n) is 3.93. The lowest BCUT2D eigenvalue weighted by Gasteiger charge is -2.36. The molecule has 2 heterocycles. The zero-order valence-electron chi connectivity index (χ0n) is 13.4. The molecule has 8 nitrogen and oxygen atoms in total. The summed E-state index contributed by atoms with van der Waals surface area (Å²) in [5.41, 5.74) is -0.358. The number of H-pyrrole nitrogens is 1. The van der Waals surface area contributed by atoms with Crippen LogP contribution in [0.2, 0.25) is 0 Å². The molecule has 0 saturated carbocycles. The van der Waals surface area contributed by atoms with Crippen LogP contribution in [0, 0.1) is 0 Å². The zero-order valence-corrected chi connectivity index (χ0v) is 14.2.